The minimum Gasteiger partial charge on any atom is -0.393 e. The number of hydrogen-bond donors (Lipinski definition) is 1. The Morgan fingerprint density at radius 1 is 1.38 bits per heavy atom. The maximum Gasteiger partial charge on any atom is 0.138 e. The maximum absolute atomic E-state index is 9.45. The Balaban J connectivity index is 2.75. The Hall–Kier alpha value is -0.900. The fourth-order valence-corrected chi connectivity index (χ4v) is 2.13. The van der Waals surface area contributed by atoms with Gasteiger partial charge in [-0.3, -0.25) is 0 Å². The van der Waals surface area contributed by atoms with E-state index in [1.807, 2.05) is 11.6 Å². The molecule has 1 heterocycles. The van der Waals surface area contributed by atoms with Gasteiger partial charge in [-0.25, -0.2) is 9.67 Å². The Morgan fingerprint density at radius 3 is 2.50 bits per heavy atom. The summed E-state index contributed by atoms with van der Waals surface area (Å²) in [6, 6.07) is 0.333. The zero-order chi connectivity index (χ0) is 12.3. The second kappa shape index (κ2) is 4.95. The standard InChI is InChI=1S/C12H23N3O/c1-9(2)15-11(13-8-14-15)7-12(4,5)6-10(3)16/h8-10,16H,6-7H2,1-5H3. The average Bonchev–Trinajstić information content (AvgIpc) is 2.48. The van der Waals surface area contributed by atoms with Crippen molar-refractivity contribution in [3.05, 3.63) is 12.2 Å². The highest BCUT2D eigenvalue weighted by Crippen LogP contribution is 2.27. The van der Waals surface area contributed by atoms with Crippen LogP contribution in [0.1, 0.15) is 52.9 Å². The molecule has 4 heteroatoms. The highest BCUT2D eigenvalue weighted by Gasteiger charge is 2.23. The van der Waals surface area contributed by atoms with Gasteiger partial charge in [-0.2, -0.15) is 5.10 Å². The number of nitrogens with zero attached hydrogens (tertiary/aromatic N) is 3. The van der Waals surface area contributed by atoms with E-state index in [4.69, 9.17) is 0 Å². The number of aromatic nitrogens is 3. The summed E-state index contributed by atoms with van der Waals surface area (Å²) < 4.78 is 1.95. The lowest BCUT2D eigenvalue weighted by molar-refractivity contribution is 0.127. The van der Waals surface area contributed by atoms with E-state index in [1.165, 1.54) is 0 Å². The number of aliphatic hydroxyl groups excluding tert-OH is 1. The van der Waals surface area contributed by atoms with Crippen LogP contribution >= 0.6 is 0 Å². The third kappa shape index (κ3) is 3.59. The molecule has 0 amide bonds. The van der Waals surface area contributed by atoms with Gasteiger partial charge >= 0.3 is 0 Å². The zero-order valence-corrected chi connectivity index (χ0v) is 10.9. The van der Waals surface area contributed by atoms with Crippen LogP contribution in [0.3, 0.4) is 0 Å². The van der Waals surface area contributed by atoms with Crippen molar-refractivity contribution in [1.29, 1.82) is 0 Å². The predicted molar refractivity (Wildman–Crippen MR) is 64.2 cm³/mol. The minimum atomic E-state index is -0.273. The molecule has 1 unspecified atom stereocenters. The average molecular weight is 225 g/mol. The lowest BCUT2D eigenvalue weighted by atomic mass is 9.83. The Bertz CT molecular complexity index is 329. The van der Waals surface area contributed by atoms with Gasteiger partial charge in [-0.15, -0.1) is 0 Å². The number of rotatable bonds is 5. The molecule has 0 aliphatic rings. The lowest BCUT2D eigenvalue weighted by Crippen LogP contribution is -2.23. The van der Waals surface area contributed by atoms with Gasteiger partial charge in [0, 0.05) is 12.5 Å². The summed E-state index contributed by atoms with van der Waals surface area (Å²) in [6.45, 7) is 10.3. The highest BCUT2D eigenvalue weighted by atomic mass is 16.3. The van der Waals surface area contributed by atoms with Crippen molar-refractivity contribution < 1.29 is 5.11 Å². The van der Waals surface area contributed by atoms with Gasteiger partial charge in [-0.1, -0.05) is 13.8 Å². The van der Waals surface area contributed by atoms with Gasteiger partial charge in [0.2, 0.25) is 0 Å². The number of hydrogen-bond acceptors (Lipinski definition) is 3. The fourth-order valence-electron chi connectivity index (χ4n) is 2.13. The second-order valence-electron chi connectivity index (χ2n) is 5.61. The topological polar surface area (TPSA) is 50.9 Å². The second-order valence-corrected chi connectivity index (χ2v) is 5.61. The van der Waals surface area contributed by atoms with Crippen molar-refractivity contribution in [3.63, 3.8) is 0 Å². The smallest absolute Gasteiger partial charge is 0.138 e. The Labute approximate surface area is 97.7 Å². The summed E-state index contributed by atoms with van der Waals surface area (Å²) in [5.74, 6) is 1.00. The van der Waals surface area contributed by atoms with Crippen molar-refractivity contribution in [2.45, 2.75) is 59.6 Å². The van der Waals surface area contributed by atoms with E-state index in [0.29, 0.717) is 6.04 Å². The van der Waals surface area contributed by atoms with E-state index in [-0.39, 0.29) is 11.5 Å². The van der Waals surface area contributed by atoms with E-state index < -0.39 is 0 Å². The molecular formula is C12H23N3O. The van der Waals surface area contributed by atoms with Crippen molar-refractivity contribution in [2.75, 3.05) is 0 Å². The van der Waals surface area contributed by atoms with Gasteiger partial charge in [0.1, 0.15) is 12.2 Å². The summed E-state index contributed by atoms with van der Waals surface area (Å²) in [5, 5.41) is 13.7. The van der Waals surface area contributed by atoms with E-state index in [9.17, 15) is 5.11 Å². The van der Waals surface area contributed by atoms with Crippen LogP contribution in [0.5, 0.6) is 0 Å². The highest BCUT2D eigenvalue weighted by molar-refractivity contribution is 4.92. The Kier molecular flexibility index (Phi) is 4.08. The van der Waals surface area contributed by atoms with Crippen LogP contribution in [0.4, 0.5) is 0 Å². The minimum absolute atomic E-state index is 0.0494. The quantitative estimate of drug-likeness (QED) is 0.835. The molecule has 0 aromatic carbocycles. The molecule has 0 saturated heterocycles. The van der Waals surface area contributed by atoms with Crippen LogP contribution in [0, 0.1) is 5.41 Å². The number of aliphatic hydroxyl groups is 1. The zero-order valence-electron chi connectivity index (χ0n) is 10.9. The summed E-state index contributed by atoms with van der Waals surface area (Å²) in [5.41, 5.74) is 0.0494. The van der Waals surface area contributed by atoms with E-state index >= 15 is 0 Å². The molecule has 1 aromatic rings. The molecule has 0 bridgehead atoms. The summed E-state index contributed by atoms with van der Waals surface area (Å²) >= 11 is 0. The third-order valence-corrected chi connectivity index (χ3v) is 2.62. The molecule has 0 aliphatic carbocycles. The first kappa shape index (κ1) is 13.2. The third-order valence-electron chi connectivity index (χ3n) is 2.62. The molecule has 1 aromatic heterocycles. The van der Waals surface area contributed by atoms with Crippen LogP contribution < -0.4 is 0 Å². The first-order valence-corrected chi connectivity index (χ1v) is 5.88. The van der Waals surface area contributed by atoms with E-state index in [0.717, 1.165) is 18.7 Å². The van der Waals surface area contributed by atoms with Gasteiger partial charge in [0.25, 0.3) is 0 Å². The van der Waals surface area contributed by atoms with Crippen LogP contribution in [-0.2, 0) is 6.42 Å². The summed E-state index contributed by atoms with van der Waals surface area (Å²) in [6.07, 6.45) is 2.95. The first-order valence-electron chi connectivity index (χ1n) is 5.88. The maximum atomic E-state index is 9.45. The van der Waals surface area contributed by atoms with E-state index in [2.05, 4.69) is 37.8 Å². The predicted octanol–water partition coefficient (Wildman–Crippen LogP) is 2.20. The normalized spacial score (nSPS) is 14.4. The van der Waals surface area contributed by atoms with Gasteiger partial charge in [0.05, 0.1) is 6.10 Å². The molecule has 1 atom stereocenters. The van der Waals surface area contributed by atoms with E-state index in [1.54, 1.807) is 6.33 Å². The molecule has 0 aliphatic heterocycles. The molecule has 1 N–H and O–H groups in total. The molecule has 16 heavy (non-hydrogen) atoms. The molecule has 1 rings (SSSR count). The molecule has 4 nitrogen and oxygen atoms in total. The van der Waals surface area contributed by atoms with Gasteiger partial charge in [0.15, 0.2) is 0 Å². The van der Waals surface area contributed by atoms with Crippen LogP contribution in [0.15, 0.2) is 6.33 Å². The molecular weight excluding hydrogens is 202 g/mol. The summed E-state index contributed by atoms with van der Waals surface area (Å²) in [4.78, 5) is 4.30. The monoisotopic (exact) mass is 225 g/mol. The van der Waals surface area contributed by atoms with Crippen molar-refractivity contribution >= 4 is 0 Å². The molecule has 0 radical (unpaired) electrons. The van der Waals surface area contributed by atoms with Crippen LogP contribution in [0.25, 0.3) is 0 Å². The largest absolute Gasteiger partial charge is 0.393 e. The van der Waals surface area contributed by atoms with Crippen molar-refractivity contribution in [2.24, 2.45) is 5.41 Å². The lowest BCUT2D eigenvalue weighted by Gasteiger charge is -2.26. The van der Waals surface area contributed by atoms with Crippen molar-refractivity contribution in [3.8, 4) is 0 Å². The molecule has 0 saturated carbocycles. The van der Waals surface area contributed by atoms with Crippen molar-refractivity contribution in [1.82, 2.24) is 14.8 Å². The first-order chi connectivity index (χ1) is 7.32. The Morgan fingerprint density at radius 2 is 2.00 bits per heavy atom. The van der Waals surface area contributed by atoms with Crippen LogP contribution in [0.2, 0.25) is 0 Å². The van der Waals surface area contributed by atoms with Crippen LogP contribution in [-0.4, -0.2) is 26.0 Å². The molecule has 0 spiro atoms. The SMILES string of the molecule is CC(O)CC(C)(C)Cc1ncnn1C(C)C. The van der Waals surface area contributed by atoms with Gasteiger partial charge in [-0.05, 0) is 32.6 Å². The van der Waals surface area contributed by atoms with Gasteiger partial charge < -0.3 is 5.11 Å². The fraction of sp³-hybridized carbons (Fsp3) is 0.833. The molecule has 92 valence electrons. The molecule has 0 fully saturated rings. The summed E-state index contributed by atoms with van der Waals surface area (Å²) in [7, 11) is 0.